The number of nitrogens with zero attached hydrogens (tertiary/aromatic N) is 4. The summed E-state index contributed by atoms with van der Waals surface area (Å²) in [5.41, 5.74) is 4.94. The van der Waals surface area contributed by atoms with Crippen LogP contribution in [0, 0.1) is 0 Å². The number of likely N-dealkylation sites (N-methyl/N-ethyl adjacent to an activating group) is 1. The van der Waals surface area contributed by atoms with E-state index < -0.39 is 0 Å². The Hall–Kier alpha value is -3.19. The van der Waals surface area contributed by atoms with Gasteiger partial charge in [0, 0.05) is 55.1 Å². The first-order valence-corrected chi connectivity index (χ1v) is 11.3. The van der Waals surface area contributed by atoms with Crippen LogP contribution in [0.2, 0.25) is 0 Å². The molecule has 166 valence electrons. The van der Waals surface area contributed by atoms with E-state index in [9.17, 15) is 4.79 Å². The van der Waals surface area contributed by atoms with Gasteiger partial charge in [0.25, 0.3) is 5.91 Å². The molecule has 0 atom stereocenters. The summed E-state index contributed by atoms with van der Waals surface area (Å²) in [6.45, 7) is 3.33. The number of hydrogen-bond acceptors (Lipinski definition) is 5. The molecule has 0 radical (unpaired) electrons. The maximum Gasteiger partial charge on any atom is 0.274 e. The van der Waals surface area contributed by atoms with E-state index in [2.05, 4.69) is 45.3 Å². The first kappa shape index (κ1) is 20.7. The zero-order valence-electron chi connectivity index (χ0n) is 18.5. The second kappa shape index (κ2) is 9.12. The average molecular weight is 432 g/mol. The molecule has 5 rings (SSSR count). The number of ether oxygens (including phenoxy) is 1. The fourth-order valence-corrected chi connectivity index (χ4v) is 4.17. The molecule has 1 fully saturated rings. The normalized spacial score (nSPS) is 15.9. The molecule has 1 aliphatic carbocycles. The molecular weight excluding hydrogens is 402 g/mol. The van der Waals surface area contributed by atoms with Gasteiger partial charge < -0.3 is 14.5 Å². The SMILES string of the molecule is CN(CCc1ccccn1)Cc1ccc2c(c1)CN(C(=O)c1cc(C3CC3)[nH]n1)CCO2. The Morgan fingerprint density at radius 1 is 1.25 bits per heavy atom. The van der Waals surface area contributed by atoms with Gasteiger partial charge in [-0.15, -0.1) is 0 Å². The summed E-state index contributed by atoms with van der Waals surface area (Å²) in [4.78, 5) is 21.6. The molecule has 0 unspecified atom stereocenters. The van der Waals surface area contributed by atoms with E-state index in [4.69, 9.17) is 4.74 Å². The summed E-state index contributed by atoms with van der Waals surface area (Å²) < 4.78 is 5.94. The third-order valence-corrected chi connectivity index (χ3v) is 6.15. The minimum absolute atomic E-state index is 0.0394. The van der Waals surface area contributed by atoms with Crippen LogP contribution in [-0.4, -0.2) is 57.6 Å². The summed E-state index contributed by atoms with van der Waals surface area (Å²) in [7, 11) is 2.12. The van der Waals surface area contributed by atoms with Crippen molar-refractivity contribution < 1.29 is 9.53 Å². The Labute approximate surface area is 188 Å². The molecule has 2 aromatic heterocycles. The summed E-state index contributed by atoms with van der Waals surface area (Å²) in [5.74, 6) is 1.37. The zero-order valence-corrected chi connectivity index (χ0v) is 18.5. The number of amides is 1. The van der Waals surface area contributed by atoms with Crippen molar-refractivity contribution in [2.75, 3.05) is 26.7 Å². The lowest BCUT2D eigenvalue weighted by molar-refractivity contribution is 0.0727. The van der Waals surface area contributed by atoms with Crippen molar-refractivity contribution in [2.24, 2.45) is 0 Å². The monoisotopic (exact) mass is 431 g/mol. The Bertz CT molecular complexity index is 1080. The predicted molar refractivity (Wildman–Crippen MR) is 122 cm³/mol. The number of benzene rings is 1. The number of aromatic amines is 1. The lowest BCUT2D eigenvalue weighted by Gasteiger charge is -2.20. The molecule has 7 nitrogen and oxygen atoms in total. The first-order valence-electron chi connectivity index (χ1n) is 11.3. The van der Waals surface area contributed by atoms with Gasteiger partial charge in [0.1, 0.15) is 18.1 Å². The number of aromatic nitrogens is 3. The highest BCUT2D eigenvalue weighted by Crippen LogP contribution is 2.39. The van der Waals surface area contributed by atoms with Crippen molar-refractivity contribution in [3.8, 4) is 5.75 Å². The number of rotatable bonds is 7. The molecule has 0 spiro atoms. The molecule has 1 saturated carbocycles. The minimum Gasteiger partial charge on any atom is -0.491 e. The number of carbonyl (C=O) groups is 1. The van der Waals surface area contributed by atoms with Gasteiger partial charge in [-0.25, -0.2) is 0 Å². The quantitative estimate of drug-likeness (QED) is 0.621. The van der Waals surface area contributed by atoms with E-state index in [0.717, 1.165) is 42.2 Å². The Kier molecular flexibility index (Phi) is 5.90. The van der Waals surface area contributed by atoms with Crippen LogP contribution in [0.25, 0.3) is 0 Å². The predicted octanol–water partition coefficient (Wildman–Crippen LogP) is 3.39. The fourth-order valence-electron chi connectivity index (χ4n) is 4.17. The molecule has 1 aliphatic heterocycles. The van der Waals surface area contributed by atoms with Gasteiger partial charge in [0.2, 0.25) is 0 Å². The van der Waals surface area contributed by atoms with Gasteiger partial charge in [0.15, 0.2) is 0 Å². The van der Waals surface area contributed by atoms with Crippen LogP contribution < -0.4 is 4.74 Å². The summed E-state index contributed by atoms with van der Waals surface area (Å²) >= 11 is 0. The maximum absolute atomic E-state index is 13.1. The van der Waals surface area contributed by atoms with Crippen molar-refractivity contribution in [1.82, 2.24) is 25.0 Å². The Morgan fingerprint density at radius 2 is 2.16 bits per heavy atom. The van der Waals surface area contributed by atoms with Crippen LogP contribution in [0.5, 0.6) is 5.75 Å². The number of carbonyl (C=O) groups excluding carboxylic acids is 1. The third-order valence-electron chi connectivity index (χ3n) is 6.15. The van der Waals surface area contributed by atoms with Gasteiger partial charge in [-0.1, -0.05) is 12.1 Å². The van der Waals surface area contributed by atoms with Crippen molar-refractivity contribution in [3.63, 3.8) is 0 Å². The van der Waals surface area contributed by atoms with Gasteiger partial charge >= 0.3 is 0 Å². The summed E-state index contributed by atoms with van der Waals surface area (Å²) in [5, 5.41) is 7.31. The smallest absolute Gasteiger partial charge is 0.274 e. The number of pyridine rings is 1. The molecule has 1 N–H and O–H groups in total. The van der Waals surface area contributed by atoms with E-state index in [1.54, 1.807) is 0 Å². The molecule has 2 aliphatic rings. The van der Waals surface area contributed by atoms with Crippen LogP contribution in [0.15, 0.2) is 48.7 Å². The number of H-pyrrole nitrogens is 1. The van der Waals surface area contributed by atoms with Crippen LogP contribution in [0.3, 0.4) is 0 Å². The van der Waals surface area contributed by atoms with E-state index in [1.807, 2.05) is 35.4 Å². The maximum atomic E-state index is 13.1. The van der Waals surface area contributed by atoms with E-state index >= 15 is 0 Å². The molecule has 32 heavy (non-hydrogen) atoms. The molecule has 7 heteroatoms. The first-order chi connectivity index (χ1) is 15.7. The van der Waals surface area contributed by atoms with Crippen molar-refractivity contribution in [1.29, 1.82) is 0 Å². The fraction of sp³-hybridized carbons (Fsp3) is 0.400. The molecular formula is C25H29N5O2. The number of hydrogen-bond donors (Lipinski definition) is 1. The lowest BCUT2D eigenvalue weighted by Crippen LogP contribution is -2.32. The van der Waals surface area contributed by atoms with Gasteiger partial charge in [-0.2, -0.15) is 5.10 Å². The average Bonchev–Trinajstić information content (AvgIpc) is 3.58. The van der Waals surface area contributed by atoms with Crippen LogP contribution >= 0.6 is 0 Å². The molecule has 1 aromatic carbocycles. The third kappa shape index (κ3) is 4.83. The molecule has 1 amide bonds. The second-order valence-electron chi connectivity index (χ2n) is 8.81. The Balaban J connectivity index is 1.24. The molecule has 3 aromatic rings. The highest BCUT2D eigenvalue weighted by Gasteiger charge is 2.28. The highest BCUT2D eigenvalue weighted by molar-refractivity contribution is 5.92. The number of fused-ring (bicyclic) bond motifs is 1. The van der Waals surface area contributed by atoms with Crippen molar-refractivity contribution >= 4 is 5.91 Å². The van der Waals surface area contributed by atoms with E-state index in [1.165, 1.54) is 18.4 Å². The second-order valence-corrected chi connectivity index (χ2v) is 8.81. The molecule has 0 bridgehead atoms. The largest absolute Gasteiger partial charge is 0.491 e. The standard InChI is InChI=1S/C25H29N5O2/c1-29(11-9-21-4-2-3-10-26-21)16-18-5-8-24-20(14-18)17-30(12-13-32-24)25(31)23-15-22(27-28-23)19-6-7-19/h2-5,8,10,14-15,19H,6-7,9,11-13,16-17H2,1H3,(H,27,28). The lowest BCUT2D eigenvalue weighted by atomic mass is 10.1. The van der Waals surface area contributed by atoms with Crippen molar-refractivity contribution in [2.45, 2.75) is 38.3 Å². The zero-order chi connectivity index (χ0) is 21.9. The number of nitrogens with one attached hydrogen (secondary N) is 1. The van der Waals surface area contributed by atoms with Crippen LogP contribution in [0.1, 0.15) is 51.8 Å². The van der Waals surface area contributed by atoms with Crippen molar-refractivity contribution in [3.05, 3.63) is 76.9 Å². The topological polar surface area (TPSA) is 74.4 Å². The highest BCUT2D eigenvalue weighted by atomic mass is 16.5. The van der Waals surface area contributed by atoms with Gasteiger partial charge in [-0.3, -0.25) is 14.9 Å². The van der Waals surface area contributed by atoms with Crippen LogP contribution in [-0.2, 0) is 19.5 Å². The molecule has 0 saturated heterocycles. The minimum atomic E-state index is -0.0394. The van der Waals surface area contributed by atoms with E-state index in [-0.39, 0.29) is 5.91 Å². The van der Waals surface area contributed by atoms with E-state index in [0.29, 0.717) is 31.3 Å². The van der Waals surface area contributed by atoms with Gasteiger partial charge in [0.05, 0.1) is 6.54 Å². The summed E-state index contributed by atoms with van der Waals surface area (Å²) in [6, 6.07) is 14.3. The molecule has 3 heterocycles. The summed E-state index contributed by atoms with van der Waals surface area (Å²) in [6.07, 6.45) is 5.12. The Morgan fingerprint density at radius 3 is 2.97 bits per heavy atom. The van der Waals surface area contributed by atoms with Crippen LogP contribution in [0.4, 0.5) is 0 Å². The van der Waals surface area contributed by atoms with Gasteiger partial charge in [-0.05, 0) is 55.8 Å².